The van der Waals surface area contributed by atoms with Gasteiger partial charge in [-0.2, -0.15) is 0 Å². The van der Waals surface area contributed by atoms with Gasteiger partial charge in [0.25, 0.3) is 0 Å². The lowest BCUT2D eigenvalue weighted by Gasteiger charge is -2.31. The number of nitrogens with zero attached hydrogens (tertiary/aromatic N) is 3. The van der Waals surface area contributed by atoms with Crippen LogP contribution in [0.5, 0.6) is 0 Å². The van der Waals surface area contributed by atoms with Gasteiger partial charge in [0.05, 0.1) is 16.6 Å². The van der Waals surface area contributed by atoms with Gasteiger partial charge in [0.15, 0.2) is 0 Å². The van der Waals surface area contributed by atoms with Crippen molar-refractivity contribution in [3.63, 3.8) is 0 Å². The van der Waals surface area contributed by atoms with Gasteiger partial charge in [-0.3, -0.25) is 4.90 Å². The predicted molar refractivity (Wildman–Crippen MR) is 73.6 cm³/mol. The standard InChI is InChI=1S/C13H16N4S/c1-17-7-6-14-9-11(17)13-15-5-4-10(16-13)12-3-2-8-18-12/h2-5,8,11,14H,6-7,9H2,1H3. The first-order valence-corrected chi connectivity index (χ1v) is 7.00. The summed E-state index contributed by atoms with van der Waals surface area (Å²) in [6.45, 7) is 3.00. The maximum Gasteiger partial charge on any atom is 0.147 e. The van der Waals surface area contributed by atoms with Crippen LogP contribution in [0, 0.1) is 0 Å². The number of hydrogen-bond donors (Lipinski definition) is 1. The van der Waals surface area contributed by atoms with E-state index in [-0.39, 0.29) is 6.04 Å². The number of piperazine rings is 1. The van der Waals surface area contributed by atoms with Crippen LogP contribution in [-0.4, -0.2) is 41.5 Å². The highest BCUT2D eigenvalue weighted by molar-refractivity contribution is 7.13. The minimum absolute atomic E-state index is 0.277. The van der Waals surface area contributed by atoms with Crippen molar-refractivity contribution in [1.82, 2.24) is 20.2 Å². The van der Waals surface area contributed by atoms with Crippen molar-refractivity contribution < 1.29 is 0 Å². The van der Waals surface area contributed by atoms with E-state index in [1.165, 1.54) is 4.88 Å². The monoisotopic (exact) mass is 260 g/mol. The molecule has 2 aromatic heterocycles. The highest BCUT2D eigenvalue weighted by atomic mass is 32.1. The average Bonchev–Trinajstić information content (AvgIpc) is 2.93. The molecule has 0 aliphatic carbocycles. The van der Waals surface area contributed by atoms with Crippen LogP contribution in [0.1, 0.15) is 11.9 Å². The molecule has 3 heterocycles. The second-order valence-electron chi connectivity index (χ2n) is 4.48. The summed E-state index contributed by atoms with van der Waals surface area (Å²) in [4.78, 5) is 12.7. The fraction of sp³-hybridized carbons (Fsp3) is 0.385. The molecular weight excluding hydrogens is 244 g/mol. The average molecular weight is 260 g/mol. The summed E-state index contributed by atoms with van der Waals surface area (Å²) in [6, 6.07) is 6.40. The Morgan fingerprint density at radius 2 is 2.39 bits per heavy atom. The molecule has 1 unspecified atom stereocenters. The SMILES string of the molecule is CN1CCNCC1c1nccc(-c2cccs2)n1. The highest BCUT2D eigenvalue weighted by Crippen LogP contribution is 2.24. The van der Waals surface area contributed by atoms with Gasteiger partial charge >= 0.3 is 0 Å². The fourth-order valence-corrected chi connectivity index (χ4v) is 2.89. The van der Waals surface area contributed by atoms with Crippen LogP contribution in [0.25, 0.3) is 10.6 Å². The molecule has 3 rings (SSSR count). The molecule has 18 heavy (non-hydrogen) atoms. The lowest BCUT2D eigenvalue weighted by Crippen LogP contribution is -2.44. The van der Waals surface area contributed by atoms with Crippen molar-refractivity contribution in [2.45, 2.75) is 6.04 Å². The topological polar surface area (TPSA) is 41.0 Å². The Balaban J connectivity index is 1.91. The predicted octanol–water partition coefficient (Wildman–Crippen LogP) is 1.78. The van der Waals surface area contributed by atoms with Crippen molar-refractivity contribution >= 4 is 11.3 Å². The molecule has 0 saturated carbocycles. The van der Waals surface area contributed by atoms with Gasteiger partial charge in [-0.15, -0.1) is 11.3 Å². The molecule has 0 aromatic carbocycles. The summed E-state index contributed by atoms with van der Waals surface area (Å²) in [5, 5.41) is 5.47. The van der Waals surface area contributed by atoms with Gasteiger partial charge in [0.1, 0.15) is 5.82 Å². The third-order valence-corrected chi connectivity index (χ3v) is 4.15. The Hall–Kier alpha value is -1.30. The van der Waals surface area contributed by atoms with Crippen LogP contribution >= 0.6 is 11.3 Å². The Morgan fingerprint density at radius 1 is 1.44 bits per heavy atom. The van der Waals surface area contributed by atoms with Crippen LogP contribution in [-0.2, 0) is 0 Å². The zero-order chi connectivity index (χ0) is 12.4. The van der Waals surface area contributed by atoms with Crippen molar-refractivity contribution in [1.29, 1.82) is 0 Å². The summed E-state index contributed by atoms with van der Waals surface area (Å²) < 4.78 is 0. The van der Waals surface area contributed by atoms with Gasteiger partial charge in [0, 0.05) is 25.8 Å². The molecule has 1 atom stereocenters. The van der Waals surface area contributed by atoms with Crippen LogP contribution in [0.2, 0.25) is 0 Å². The molecule has 5 heteroatoms. The van der Waals surface area contributed by atoms with Crippen LogP contribution in [0.3, 0.4) is 0 Å². The zero-order valence-electron chi connectivity index (χ0n) is 10.3. The van der Waals surface area contributed by atoms with Gasteiger partial charge < -0.3 is 5.32 Å². The smallest absolute Gasteiger partial charge is 0.147 e. The first-order valence-electron chi connectivity index (χ1n) is 6.12. The molecule has 4 nitrogen and oxygen atoms in total. The van der Waals surface area contributed by atoms with Gasteiger partial charge in [-0.1, -0.05) is 6.07 Å². The number of rotatable bonds is 2. The molecule has 1 aliphatic heterocycles. The van der Waals surface area contributed by atoms with E-state index < -0.39 is 0 Å². The molecule has 1 aliphatic rings. The third-order valence-electron chi connectivity index (χ3n) is 3.26. The van der Waals surface area contributed by atoms with E-state index in [2.05, 4.69) is 39.8 Å². The molecular formula is C13H16N4S. The van der Waals surface area contributed by atoms with E-state index in [1.807, 2.05) is 12.3 Å². The van der Waals surface area contributed by atoms with E-state index in [4.69, 9.17) is 4.98 Å². The molecule has 0 spiro atoms. The Bertz CT molecular complexity index is 511. The number of thiophene rings is 1. The lowest BCUT2D eigenvalue weighted by atomic mass is 10.2. The molecule has 0 radical (unpaired) electrons. The molecule has 0 amide bonds. The van der Waals surface area contributed by atoms with Gasteiger partial charge in [-0.05, 0) is 24.6 Å². The molecule has 2 aromatic rings. The largest absolute Gasteiger partial charge is 0.313 e. The molecule has 0 bridgehead atoms. The highest BCUT2D eigenvalue weighted by Gasteiger charge is 2.23. The fourth-order valence-electron chi connectivity index (χ4n) is 2.19. The van der Waals surface area contributed by atoms with E-state index in [1.54, 1.807) is 11.3 Å². The summed E-state index contributed by atoms with van der Waals surface area (Å²) in [5.74, 6) is 0.913. The summed E-state index contributed by atoms with van der Waals surface area (Å²) in [5.41, 5.74) is 1.02. The maximum absolute atomic E-state index is 4.71. The second-order valence-corrected chi connectivity index (χ2v) is 5.43. The van der Waals surface area contributed by atoms with Gasteiger partial charge in [0.2, 0.25) is 0 Å². The van der Waals surface area contributed by atoms with Crippen molar-refractivity contribution in [3.8, 4) is 10.6 Å². The molecule has 94 valence electrons. The summed E-state index contributed by atoms with van der Waals surface area (Å²) >= 11 is 1.71. The zero-order valence-corrected chi connectivity index (χ0v) is 11.2. The van der Waals surface area contributed by atoms with E-state index in [0.717, 1.165) is 31.2 Å². The van der Waals surface area contributed by atoms with Crippen LogP contribution in [0.15, 0.2) is 29.8 Å². The van der Waals surface area contributed by atoms with Crippen molar-refractivity contribution in [2.75, 3.05) is 26.7 Å². The third kappa shape index (κ3) is 2.29. The molecule has 1 fully saturated rings. The van der Waals surface area contributed by atoms with Crippen molar-refractivity contribution in [2.24, 2.45) is 0 Å². The number of hydrogen-bond acceptors (Lipinski definition) is 5. The minimum Gasteiger partial charge on any atom is -0.313 e. The molecule has 1 N–H and O–H groups in total. The van der Waals surface area contributed by atoms with Crippen LogP contribution < -0.4 is 5.32 Å². The number of nitrogens with one attached hydrogen (secondary N) is 1. The number of aromatic nitrogens is 2. The Kier molecular flexibility index (Phi) is 3.36. The van der Waals surface area contributed by atoms with E-state index in [9.17, 15) is 0 Å². The lowest BCUT2D eigenvalue weighted by molar-refractivity contribution is 0.194. The minimum atomic E-state index is 0.277. The Morgan fingerprint density at radius 3 is 3.17 bits per heavy atom. The molecule has 1 saturated heterocycles. The normalized spacial score (nSPS) is 21.1. The maximum atomic E-state index is 4.71. The number of likely N-dealkylation sites (N-methyl/N-ethyl adjacent to an activating group) is 1. The van der Waals surface area contributed by atoms with E-state index >= 15 is 0 Å². The van der Waals surface area contributed by atoms with Crippen LogP contribution in [0.4, 0.5) is 0 Å². The summed E-state index contributed by atoms with van der Waals surface area (Å²) in [7, 11) is 2.13. The quantitative estimate of drug-likeness (QED) is 0.893. The summed E-state index contributed by atoms with van der Waals surface area (Å²) in [6.07, 6.45) is 1.86. The Labute approximate surface area is 111 Å². The second kappa shape index (κ2) is 5.14. The van der Waals surface area contributed by atoms with E-state index in [0.29, 0.717) is 0 Å². The van der Waals surface area contributed by atoms with Crippen molar-refractivity contribution in [3.05, 3.63) is 35.6 Å². The first kappa shape index (κ1) is 11.8. The first-order chi connectivity index (χ1) is 8.84. The van der Waals surface area contributed by atoms with Gasteiger partial charge in [-0.25, -0.2) is 9.97 Å².